The first-order valence-corrected chi connectivity index (χ1v) is 9.18. The predicted octanol–water partition coefficient (Wildman–Crippen LogP) is 2.12. The van der Waals surface area contributed by atoms with Gasteiger partial charge in [-0.05, 0) is 40.5 Å². The SMILES string of the molecule is CC[C@H](Nc1nc2c(Br)cccc2c2nc(-c3ccnn3C)nn12)C(N)=O. The van der Waals surface area contributed by atoms with Crippen LogP contribution in [0, 0.1) is 0 Å². The number of amides is 1. The molecular formula is C17H17BrN8O. The molecule has 1 atom stereocenters. The Morgan fingerprint density at radius 3 is 2.81 bits per heavy atom. The lowest BCUT2D eigenvalue weighted by Gasteiger charge is -2.15. The molecule has 0 fully saturated rings. The summed E-state index contributed by atoms with van der Waals surface area (Å²) in [5.41, 5.74) is 7.60. The number of anilines is 1. The van der Waals surface area contributed by atoms with Gasteiger partial charge >= 0.3 is 0 Å². The monoisotopic (exact) mass is 428 g/mol. The van der Waals surface area contributed by atoms with E-state index in [1.165, 1.54) is 0 Å². The first-order valence-electron chi connectivity index (χ1n) is 8.38. The number of nitrogens with zero attached hydrogens (tertiary/aromatic N) is 6. The molecule has 0 aliphatic carbocycles. The lowest BCUT2D eigenvalue weighted by molar-refractivity contribution is -0.118. The third-order valence-electron chi connectivity index (χ3n) is 4.36. The Morgan fingerprint density at radius 2 is 2.15 bits per heavy atom. The van der Waals surface area contributed by atoms with Crippen molar-refractivity contribution in [2.24, 2.45) is 12.8 Å². The van der Waals surface area contributed by atoms with E-state index in [1.807, 2.05) is 38.2 Å². The molecule has 0 unspecified atom stereocenters. The molecule has 27 heavy (non-hydrogen) atoms. The highest BCUT2D eigenvalue weighted by molar-refractivity contribution is 9.10. The Kier molecular flexibility index (Phi) is 4.27. The van der Waals surface area contributed by atoms with Crippen LogP contribution in [-0.4, -0.2) is 41.3 Å². The highest BCUT2D eigenvalue weighted by Crippen LogP contribution is 2.28. The predicted molar refractivity (Wildman–Crippen MR) is 105 cm³/mol. The number of para-hydroxylation sites is 1. The summed E-state index contributed by atoms with van der Waals surface area (Å²) in [4.78, 5) is 21.1. The molecule has 0 bridgehead atoms. The number of halogens is 1. The summed E-state index contributed by atoms with van der Waals surface area (Å²) in [7, 11) is 1.83. The highest BCUT2D eigenvalue weighted by atomic mass is 79.9. The Bertz CT molecular complexity index is 1160. The molecule has 4 rings (SSSR count). The molecule has 0 saturated carbocycles. The number of hydrogen-bond donors (Lipinski definition) is 2. The molecule has 0 radical (unpaired) electrons. The van der Waals surface area contributed by atoms with E-state index in [2.05, 4.69) is 36.4 Å². The van der Waals surface area contributed by atoms with E-state index in [0.29, 0.717) is 23.8 Å². The first kappa shape index (κ1) is 17.4. The fraction of sp³-hybridized carbons (Fsp3) is 0.235. The van der Waals surface area contributed by atoms with E-state index in [-0.39, 0.29) is 0 Å². The summed E-state index contributed by atoms with van der Waals surface area (Å²) in [6.07, 6.45) is 2.21. The maximum absolute atomic E-state index is 11.7. The number of nitrogens with one attached hydrogen (secondary N) is 1. The zero-order valence-electron chi connectivity index (χ0n) is 14.7. The quantitative estimate of drug-likeness (QED) is 0.502. The summed E-state index contributed by atoms with van der Waals surface area (Å²) < 4.78 is 4.12. The minimum absolute atomic E-state index is 0.399. The molecular weight excluding hydrogens is 412 g/mol. The maximum atomic E-state index is 11.7. The highest BCUT2D eigenvalue weighted by Gasteiger charge is 2.20. The Hall–Kier alpha value is -3.01. The lowest BCUT2D eigenvalue weighted by atomic mass is 10.2. The molecule has 0 saturated heterocycles. The van der Waals surface area contributed by atoms with E-state index in [0.717, 1.165) is 21.1 Å². The minimum atomic E-state index is -0.565. The Morgan fingerprint density at radius 1 is 1.33 bits per heavy atom. The molecule has 0 aliphatic heterocycles. The molecule has 138 valence electrons. The number of benzene rings is 1. The van der Waals surface area contributed by atoms with Crippen LogP contribution < -0.4 is 11.1 Å². The number of carbonyl (C=O) groups excluding carboxylic acids is 1. The van der Waals surface area contributed by atoms with Gasteiger partial charge in [0.25, 0.3) is 0 Å². The van der Waals surface area contributed by atoms with E-state index < -0.39 is 11.9 Å². The van der Waals surface area contributed by atoms with Crippen LogP contribution in [-0.2, 0) is 11.8 Å². The fourth-order valence-electron chi connectivity index (χ4n) is 2.92. The van der Waals surface area contributed by atoms with E-state index in [1.54, 1.807) is 15.4 Å². The van der Waals surface area contributed by atoms with Gasteiger partial charge in [-0.1, -0.05) is 13.0 Å². The van der Waals surface area contributed by atoms with Crippen LogP contribution in [0.3, 0.4) is 0 Å². The number of fused-ring (bicyclic) bond motifs is 3. The molecule has 0 spiro atoms. The third-order valence-corrected chi connectivity index (χ3v) is 5.00. The van der Waals surface area contributed by atoms with Crippen LogP contribution in [0.4, 0.5) is 5.95 Å². The summed E-state index contributed by atoms with van der Waals surface area (Å²) >= 11 is 3.53. The number of hydrogen-bond acceptors (Lipinski definition) is 6. The van der Waals surface area contributed by atoms with Gasteiger partial charge in [-0.2, -0.15) is 9.61 Å². The molecule has 1 amide bonds. The van der Waals surface area contributed by atoms with Crippen LogP contribution in [0.2, 0.25) is 0 Å². The van der Waals surface area contributed by atoms with Crippen molar-refractivity contribution in [1.29, 1.82) is 0 Å². The van der Waals surface area contributed by atoms with Crippen molar-refractivity contribution in [2.75, 3.05) is 5.32 Å². The van der Waals surface area contributed by atoms with Crippen LogP contribution in [0.15, 0.2) is 34.9 Å². The second-order valence-electron chi connectivity index (χ2n) is 6.09. The molecule has 3 aromatic heterocycles. The van der Waals surface area contributed by atoms with Crippen molar-refractivity contribution < 1.29 is 4.79 Å². The number of primary amides is 1. The van der Waals surface area contributed by atoms with Gasteiger partial charge in [-0.15, -0.1) is 5.10 Å². The summed E-state index contributed by atoms with van der Waals surface area (Å²) in [6.45, 7) is 1.87. The van der Waals surface area contributed by atoms with Gasteiger partial charge in [0, 0.05) is 23.1 Å². The van der Waals surface area contributed by atoms with Crippen molar-refractivity contribution in [2.45, 2.75) is 19.4 Å². The van der Waals surface area contributed by atoms with Gasteiger partial charge in [0.15, 0.2) is 5.65 Å². The van der Waals surface area contributed by atoms with E-state index >= 15 is 0 Å². The topological polar surface area (TPSA) is 116 Å². The smallest absolute Gasteiger partial charge is 0.239 e. The van der Waals surface area contributed by atoms with Crippen molar-refractivity contribution in [1.82, 2.24) is 29.4 Å². The molecule has 0 aliphatic rings. The summed E-state index contributed by atoms with van der Waals surface area (Å²) in [5.74, 6) is 0.460. The first-order chi connectivity index (χ1) is 13.0. The zero-order valence-corrected chi connectivity index (χ0v) is 16.3. The van der Waals surface area contributed by atoms with Gasteiger partial charge in [0.2, 0.25) is 17.7 Å². The van der Waals surface area contributed by atoms with Crippen molar-refractivity contribution in [3.05, 3.63) is 34.9 Å². The van der Waals surface area contributed by atoms with Gasteiger partial charge < -0.3 is 11.1 Å². The molecule has 4 aromatic rings. The minimum Gasteiger partial charge on any atom is -0.368 e. The number of aromatic nitrogens is 6. The lowest BCUT2D eigenvalue weighted by Crippen LogP contribution is -2.35. The Labute approximate surface area is 162 Å². The normalized spacial score (nSPS) is 12.6. The second kappa shape index (κ2) is 6.62. The van der Waals surface area contributed by atoms with Crippen LogP contribution in [0.25, 0.3) is 28.1 Å². The molecule has 10 heteroatoms. The molecule has 1 aromatic carbocycles. The van der Waals surface area contributed by atoms with Gasteiger partial charge in [0.1, 0.15) is 11.7 Å². The van der Waals surface area contributed by atoms with Gasteiger partial charge in [0.05, 0.1) is 5.52 Å². The van der Waals surface area contributed by atoms with Crippen LogP contribution in [0.1, 0.15) is 13.3 Å². The van der Waals surface area contributed by atoms with Crippen molar-refractivity contribution in [3.8, 4) is 11.5 Å². The fourth-order valence-corrected chi connectivity index (χ4v) is 3.38. The third kappa shape index (κ3) is 2.91. The maximum Gasteiger partial charge on any atom is 0.239 e. The number of rotatable bonds is 5. The summed E-state index contributed by atoms with van der Waals surface area (Å²) in [5, 5.41) is 12.7. The van der Waals surface area contributed by atoms with Crippen LogP contribution >= 0.6 is 15.9 Å². The largest absolute Gasteiger partial charge is 0.368 e. The number of aryl methyl sites for hydroxylation is 1. The second-order valence-corrected chi connectivity index (χ2v) is 6.94. The van der Waals surface area contributed by atoms with Crippen molar-refractivity contribution in [3.63, 3.8) is 0 Å². The van der Waals surface area contributed by atoms with E-state index in [4.69, 9.17) is 10.7 Å². The van der Waals surface area contributed by atoms with Gasteiger partial charge in [-0.3, -0.25) is 9.48 Å². The van der Waals surface area contributed by atoms with Gasteiger partial charge in [-0.25, -0.2) is 9.97 Å². The zero-order chi connectivity index (χ0) is 19.1. The average molecular weight is 429 g/mol. The Balaban J connectivity index is 2.00. The molecule has 9 nitrogen and oxygen atoms in total. The summed E-state index contributed by atoms with van der Waals surface area (Å²) in [6, 6.07) is 7.02. The molecule has 3 heterocycles. The van der Waals surface area contributed by atoms with Crippen LogP contribution in [0.5, 0.6) is 0 Å². The van der Waals surface area contributed by atoms with Crippen molar-refractivity contribution >= 4 is 44.3 Å². The number of nitrogens with two attached hydrogens (primary N) is 1. The average Bonchev–Trinajstić information content (AvgIpc) is 3.26. The number of carbonyl (C=O) groups is 1. The van der Waals surface area contributed by atoms with E-state index in [9.17, 15) is 4.79 Å². The standard InChI is InChI=1S/C17H17BrN8O/c1-3-11(14(19)27)21-17-22-13-9(5-4-6-10(13)18)16-23-15(24-26(16)17)12-7-8-20-25(12)2/h4-8,11H,3H2,1-2H3,(H2,19,27)(H,21,22)/t11-/m0/s1. The molecule has 3 N–H and O–H groups in total.